The van der Waals surface area contributed by atoms with Crippen molar-refractivity contribution in [1.29, 1.82) is 0 Å². The molecule has 2 amide bonds. The summed E-state index contributed by atoms with van der Waals surface area (Å²) >= 11 is 12.7. The molecule has 3 aromatic carbocycles. The highest BCUT2D eigenvalue weighted by molar-refractivity contribution is 7.92. The van der Waals surface area contributed by atoms with Crippen LogP contribution in [0.4, 0.5) is 5.69 Å². The minimum absolute atomic E-state index is 0.00253. The molecule has 0 unspecified atom stereocenters. The number of sulfonamides is 1. The van der Waals surface area contributed by atoms with Gasteiger partial charge in [0.05, 0.1) is 11.9 Å². The van der Waals surface area contributed by atoms with Gasteiger partial charge in [-0.05, 0) is 54.2 Å². The van der Waals surface area contributed by atoms with Crippen molar-refractivity contribution in [3.8, 4) is 0 Å². The third kappa shape index (κ3) is 8.97. The van der Waals surface area contributed by atoms with Gasteiger partial charge in [-0.2, -0.15) is 0 Å². The Kier molecular flexibility index (Phi) is 11.5. The number of anilines is 1. The summed E-state index contributed by atoms with van der Waals surface area (Å²) in [6.45, 7) is 1.46. The highest BCUT2D eigenvalue weighted by Crippen LogP contribution is 2.27. The van der Waals surface area contributed by atoms with Crippen LogP contribution in [0.15, 0.2) is 72.8 Å². The van der Waals surface area contributed by atoms with Crippen molar-refractivity contribution in [3.63, 3.8) is 0 Å². The van der Waals surface area contributed by atoms with E-state index in [9.17, 15) is 18.0 Å². The number of nitrogens with zero attached hydrogens (tertiary/aromatic N) is 2. The van der Waals surface area contributed by atoms with Gasteiger partial charge in [0.1, 0.15) is 12.6 Å². The molecule has 230 valence electrons. The maximum absolute atomic E-state index is 14.4. The lowest BCUT2D eigenvalue weighted by molar-refractivity contribution is -0.140. The highest BCUT2D eigenvalue weighted by atomic mass is 35.5. The monoisotopic (exact) mass is 643 g/mol. The lowest BCUT2D eigenvalue weighted by Crippen LogP contribution is -2.55. The molecule has 0 aliphatic heterocycles. The van der Waals surface area contributed by atoms with Crippen molar-refractivity contribution in [2.45, 2.75) is 70.5 Å². The normalized spacial score (nSPS) is 14.6. The smallest absolute Gasteiger partial charge is 0.244 e. The summed E-state index contributed by atoms with van der Waals surface area (Å²) in [7, 11) is -3.85. The van der Waals surface area contributed by atoms with Gasteiger partial charge in [0, 0.05) is 29.1 Å². The van der Waals surface area contributed by atoms with E-state index >= 15 is 0 Å². The summed E-state index contributed by atoms with van der Waals surface area (Å²) < 4.78 is 27.3. The maximum atomic E-state index is 14.4. The number of amides is 2. The van der Waals surface area contributed by atoms with Crippen molar-refractivity contribution in [1.82, 2.24) is 10.2 Å². The van der Waals surface area contributed by atoms with Crippen LogP contribution in [0, 0.1) is 0 Å². The molecule has 0 aromatic heterocycles. The number of carbonyl (C=O) groups excluding carboxylic acids is 2. The zero-order valence-corrected chi connectivity index (χ0v) is 27.0. The van der Waals surface area contributed by atoms with Crippen LogP contribution in [-0.4, -0.2) is 50.0 Å². The van der Waals surface area contributed by atoms with E-state index in [0.29, 0.717) is 27.7 Å². The topological polar surface area (TPSA) is 86.8 Å². The summed E-state index contributed by atoms with van der Waals surface area (Å²) in [5.41, 5.74) is 2.71. The van der Waals surface area contributed by atoms with Crippen LogP contribution < -0.4 is 9.62 Å². The van der Waals surface area contributed by atoms with E-state index < -0.39 is 28.5 Å². The Morgan fingerprint density at radius 3 is 2.26 bits per heavy atom. The van der Waals surface area contributed by atoms with E-state index in [2.05, 4.69) is 5.32 Å². The number of rotatable bonds is 12. The molecule has 1 aliphatic carbocycles. The molecule has 43 heavy (non-hydrogen) atoms. The van der Waals surface area contributed by atoms with Crippen LogP contribution in [0.2, 0.25) is 10.0 Å². The quantitative estimate of drug-likeness (QED) is 0.247. The Balaban J connectivity index is 1.76. The second kappa shape index (κ2) is 15.1. The molecule has 3 aromatic rings. The van der Waals surface area contributed by atoms with Crippen molar-refractivity contribution in [3.05, 3.63) is 99.5 Å². The molecule has 7 nitrogen and oxygen atoms in total. The molecule has 1 aliphatic rings. The molecular formula is C33H39Cl2N3O4S. The van der Waals surface area contributed by atoms with E-state index in [4.69, 9.17) is 23.2 Å². The third-order valence-corrected chi connectivity index (χ3v) is 9.61. The summed E-state index contributed by atoms with van der Waals surface area (Å²) in [4.78, 5) is 29.9. The first kappa shape index (κ1) is 32.8. The van der Waals surface area contributed by atoms with Crippen LogP contribution in [0.5, 0.6) is 0 Å². The van der Waals surface area contributed by atoms with Gasteiger partial charge in [-0.25, -0.2) is 8.42 Å². The van der Waals surface area contributed by atoms with Crippen molar-refractivity contribution in [2.24, 2.45) is 0 Å². The van der Waals surface area contributed by atoms with Crippen LogP contribution >= 0.6 is 23.2 Å². The van der Waals surface area contributed by atoms with Gasteiger partial charge in [-0.15, -0.1) is 0 Å². The number of aryl methyl sites for hydroxylation is 1. The molecule has 1 fully saturated rings. The van der Waals surface area contributed by atoms with Gasteiger partial charge >= 0.3 is 0 Å². The van der Waals surface area contributed by atoms with E-state index in [1.54, 1.807) is 30.3 Å². The number of carbonyl (C=O) groups is 2. The summed E-state index contributed by atoms with van der Waals surface area (Å²) in [6.07, 6.45) is 6.91. The van der Waals surface area contributed by atoms with Gasteiger partial charge in [-0.3, -0.25) is 13.9 Å². The zero-order chi connectivity index (χ0) is 31.0. The van der Waals surface area contributed by atoms with Crippen molar-refractivity contribution in [2.75, 3.05) is 17.1 Å². The maximum Gasteiger partial charge on any atom is 0.244 e. The molecule has 0 saturated heterocycles. The minimum atomic E-state index is -3.85. The summed E-state index contributed by atoms with van der Waals surface area (Å²) in [5, 5.41) is 4.00. The van der Waals surface area contributed by atoms with Gasteiger partial charge in [-0.1, -0.05) is 104 Å². The van der Waals surface area contributed by atoms with E-state index in [0.717, 1.165) is 53.8 Å². The largest absolute Gasteiger partial charge is 0.352 e. The first-order valence-electron chi connectivity index (χ1n) is 14.7. The molecule has 4 rings (SSSR count). The molecular weight excluding hydrogens is 605 g/mol. The third-order valence-electron chi connectivity index (χ3n) is 7.90. The SMILES string of the molecule is CCc1ccccc1N(CC(=O)N(Cc1ccc(Cl)cc1Cl)[C@H](Cc1ccccc1)C(=O)NC1CCCCC1)S(C)(=O)=O. The zero-order valence-electron chi connectivity index (χ0n) is 24.6. The van der Waals surface area contributed by atoms with E-state index in [1.165, 1.54) is 4.90 Å². The predicted molar refractivity (Wildman–Crippen MR) is 174 cm³/mol. The molecule has 1 saturated carbocycles. The second-order valence-electron chi connectivity index (χ2n) is 11.1. The second-order valence-corrected chi connectivity index (χ2v) is 13.8. The molecule has 1 N–H and O–H groups in total. The Bertz CT molecular complexity index is 1510. The van der Waals surface area contributed by atoms with E-state index in [-0.39, 0.29) is 24.9 Å². The predicted octanol–water partition coefficient (Wildman–Crippen LogP) is 6.41. The number of hydrogen-bond donors (Lipinski definition) is 1. The first-order valence-corrected chi connectivity index (χ1v) is 17.3. The molecule has 0 heterocycles. The van der Waals surface area contributed by atoms with Crippen LogP contribution in [-0.2, 0) is 39.0 Å². The standard InChI is InChI=1S/C33H39Cl2N3O4S/c1-3-25-14-10-11-17-30(25)38(43(2,41)42)23-32(39)37(22-26-18-19-27(34)21-29(26)35)31(20-24-12-6-4-7-13-24)33(40)36-28-15-8-5-9-16-28/h4,6-7,10-14,17-19,21,28,31H,3,5,8-9,15-16,20,22-23H2,1-2H3,(H,36,40)/t31-/m1/s1. The van der Waals surface area contributed by atoms with Gasteiger partial charge in [0.15, 0.2) is 0 Å². The van der Waals surface area contributed by atoms with Crippen LogP contribution in [0.1, 0.15) is 55.7 Å². The number of para-hydroxylation sites is 1. The average Bonchev–Trinajstić information content (AvgIpc) is 2.99. The number of benzene rings is 3. The highest BCUT2D eigenvalue weighted by Gasteiger charge is 2.34. The Hall–Kier alpha value is -3.07. The van der Waals surface area contributed by atoms with Crippen LogP contribution in [0.3, 0.4) is 0 Å². The first-order chi connectivity index (χ1) is 20.6. The molecule has 0 radical (unpaired) electrons. The lowest BCUT2D eigenvalue weighted by atomic mass is 9.94. The molecule has 1 atom stereocenters. The van der Waals surface area contributed by atoms with Crippen LogP contribution in [0.25, 0.3) is 0 Å². The molecule has 10 heteroatoms. The van der Waals surface area contributed by atoms with Gasteiger partial charge in [0.2, 0.25) is 21.8 Å². The number of halogens is 2. The fourth-order valence-corrected chi connectivity index (χ4v) is 6.93. The Morgan fingerprint density at radius 2 is 1.60 bits per heavy atom. The van der Waals surface area contributed by atoms with E-state index in [1.807, 2.05) is 49.4 Å². The van der Waals surface area contributed by atoms with Crippen molar-refractivity contribution < 1.29 is 18.0 Å². The molecule has 0 bridgehead atoms. The van der Waals surface area contributed by atoms with Gasteiger partial charge in [0.25, 0.3) is 0 Å². The fraction of sp³-hybridized carbons (Fsp3) is 0.394. The lowest BCUT2D eigenvalue weighted by Gasteiger charge is -2.35. The summed E-state index contributed by atoms with van der Waals surface area (Å²) in [5.74, 6) is -0.781. The Labute approximate surface area is 265 Å². The Morgan fingerprint density at radius 1 is 0.930 bits per heavy atom. The number of hydrogen-bond acceptors (Lipinski definition) is 4. The summed E-state index contributed by atoms with van der Waals surface area (Å²) in [6, 6.07) is 20.8. The van der Waals surface area contributed by atoms with Crippen molar-refractivity contribution >= 4 is 50.7 Å². The minimum Gasteiger partial charge on any atom is -0.352 e. The fourth-order valence-electron chi connectivity index (χ4n) is 5.58. The number of nitrogens with one attached hydrogen (secondary N) is 1. The molecule has 0 spiro atoms. The van der Waals surface area contributed by atoms with Gasteiger partial charge < -0.3 is 10.2 Å². The average molecular weight is 645 g/mol.